The Labute approximate surface area is 148 Å². The second kappa shape index (κ2) is 7.56. The van der Waals surface area contributed by atoms with E-state index in [1.807, 2.05) is 6.92 Å². The Morgan fingerprint density at radius 3 is 2.35 bits per heavy atom. The number of aryl methyl sites for hydroxylation is 1. The number of carbonyl (C=O) groups excluding carboxylic acids is 2. The fourth-order valence-electron chi connectivity index (χ4n) is 2.51. The van der Waals surface area contributed by atoms with Crippen LogP contribution in [0.5, 0.6) is 0 Å². The Hall–Kier alpha value is -3.55. The molecule has 2 heterocycles. The lowest BCUT2D eigenvalue weighted by Crippen LogP contribution is -2.42. The Morgan fingerprint density at radius 2 is 1.65 bits per heavy atom. The second-order valence-corrected chi connectivity index (χ2v) is 5.57. The first kappa shape index (κ1) is 17.3. The first-order valence-electron chi connectivity index (χ1n) is 8.12. The van der Waals surface area contributed by atoms with Gasteiger partial charge in [-0.1, -0.05) is 25.1 Å². The van der Waals surface area contributed by atoms with E-state index in [1.165, 1.54) is 29.2 Å². The third-order valence-corrected chi connectivity index (χ3v) is 3.75. The predicted molar refractivity (Wildman–Crippen MR) is 95.5 cm³/mol. The first-order valence-corrected chi connectivity index (χ1v) is 8.12. The summed E-state index contributed by atoms with van der Waals surface area (Å²) in [7, 11) is 0. The first-order chi connectivity index (χ1) is 12.6. The van der Waals surface area contributed by atoms with Crippen molar-refractivity contribution in [1.29, 1.82) is 0 Å². The molecule has 0 fully saturated rings. The molecule has 0 aliphatic carbocycles. The molecule has 3 aromatic rings. The smallest absolute Gasteiger partial charge is 0.267 e. The zero-order valence-electron chi connectivity index (χ0n) is 14.1. The van der Waals surface area contributed by atoms with E-state index in [0.717, 1.165) is 0 Å². The zero-order chi connectivity index (χ0) is 18.5. The van der Waals surface area contributed by atoms with Gasteiger partial charge in [0.15, 0.2) is 5.69 Å². The molecule has 0 atom stereocenters. The number of fused-ring (bicyclic) bond motifs is 1. The molecule has 0 spiro atoms. The van der Waals surface area contributed by atoms with Crippen molar-refractivity contribution in [3.63, 3.8) is 0 Å². The van der Waals surface area contributed by atoms with Crippen molar-refractivity contribution in [3.05, 3.63) is 70.4 Å². The summed E-state index contributed by atoms with van der Waals surface area (Å²) in [5.41, 5.74) is 4.85. The van der Waals surface area contributed by atoms with Gasteiger partial charge in [0, 0.05) is 29.9 Å². The largest absolute Gasteiger partial charge is 0.290 e. The molecule has 2 N–H and O–H groups in total. The number of hydrogen-bond acceptors (Lipinski definition) is 5. The minimum Gasteiger partial charge on any atom is -0.267 e. The lowest BCUT2D eigenvalue weighted by atomic mass is 10.1. The molecule has 2 aromatic heterocycles. The molecule has 0 aliphatic heterocycles. The van der Waals surface area contributed by atoms with E-state index in [-0.39, 0.29) is 11.3 Å². The van der Waals surface area contributed by atoms with Crippen molar-refractivity contribution < 1.29 is 9.59 Å². The van der Waals surface area contributed by atoms with Gasteiger partial charge in [-0.05, 0) is 24.6 Å². The molecular weight excluding hydrogens is 334 g/mol. The molecule has 8 nitrogen and oxygen atoms in total. The van der Waals surface area contributed by atoms with Crippen molar-refractivity contribution in [2.75, 3.05) is 0 Å². The maximum Gasteiger partial charge on any atom is 0.290 e. The van der Waals surface area contributed by atoms with E-state index in [0.29, 0.717) is 29.3 Å². The number of amides is 2. The second-order valence-electron chi connectivity index (χ2n) is 5.57. The topological polar surface area (TPSA) is 106 Å². The van der Waals surface area contributed by atoms with Gasteiger partial charge in [-0.3, -0.25) is 30.2 Å². The van der Waals surface area contributed by atoms with Gasteiger partial charge in [-0.15, -0.1) is 0 Å². The Morgan fingerprint density at radius 1 is 1.00 bits per heavy atom. The SMILES string of the molecule is CCCn1nc(C(=O)NNC(=O)c2ccncc2)c2ccccc2c1=O. The van der Waals surface area contributed by atoms with Crippen molar-refractivity contribution in [2.24, 2.45) is 0 Å². The molecule has 8 heteroatoms. The van der Waals surface area contributed by atoms with Gasteiger partial charge in [-0.2, -0.15) is 5.10 Å². The van der Waals surface area contributed by atoms with Gasteiger partial charge < -0.3 is 0 Å². The van der Waals surface area contributed by atoms with Crippen molar-refractivity contribution in [1.82, 2.24) is 25.6 Å². The highest BCUT2D eigenvalue weighted by molar-refractivity contribution is 6.05. The standard InChI is InChI=1S/C18H17N5O3/c1-2-11-23-18(26)14-6-4-3-5-13(14)15(22-23)17(25)21-20-16(24)12-7-9-19-10-8-12/h3-10H,2,11H2,1H3,(H,20,24)(H,21,25). The van der Waals surface area contributed by atoms with Crippen LogP contribution < -0.4 is 16.4 Å². The number of benzene rings is 1. The molecular formula is C18H17N5O3. The zero-order valence-corrected chi connectivity index (χ0v) is 14.1. The number of nitrogens with one attached hydrogen (secondary N) is 2. The van der Waals surface area contributed by atoms with Gasteiger partial charge in [0.1, 0.15) is 0 Å². The van der Waals surface area contributed by atoms with Crippen LogP contribution in [0.3, 0.4) is 0 Å². The van der Waals surface area contributed by atoms with E-state index in [2.05, 4.69) is 20.9 Å². The van der Waals surface area contributed by atoms with Crippen LogP contribution in [0.2, 0.25) is 0 Å². The Bertz CT molecular complexity index is 1010. The molecule has 0 saturated heterocycles. The fourth-order valence-corrected chi connectivity index (χ4v) is 2.51. The van der Waals surface area contributed by atoms with Crippen molar-refractivity contribution in [3.8, 4) is 0 Å². The summed E-state index contributed by atoms with van der Waals surface area (Å²) < 4.78 is 1.27. The van der Waals surface area contributed by atoms with Crippen molar-refractivity contribution >= 4 is 22.6 Å². The molecule has 26 heavy (non-hydrogen) atoms. The van der Waals surface area contributed by atoms with Crippen LogP contribution in [0.15, 0.2) is 53.6 Å². The number of pyridine rings is 1. The number of hydrazine groups is 1. The van der Waals surface area contributed by atoms with E-state index >= 15 is 0 Å². The van der Waals surface area contributed by atoms with Gasteiger partial charge in [0.2, 0.25) is 0 Å². The third kappa shape index (κ3) is 3.44. The quantitative estimate of drug-likeness (QED) is 0.689. The molecule has 0 bridgehead atoms. The minimum absolute atomic E-state index is 0.0729. The number of carbonyl (C=O) groups is 2. The van der Waals surface area contributed by atoms with Crippen LogP contribution in [0.1, 0.15) is 34.2 Å². The molecule has 3 rings (SSSR count). The maximum atomic E-state index is 12.5. The third-order valence-electron chi connectivity index (χ3n) is 3.75. The van der Waals surface area contributed by atoms with Crippen LogP contribution in [0.25, 0.3) is 10.8 Å². The summed E-state index contributed by atoms with van der Waals surface area (Å²) in [4.78, 5) is 40.9. The highest BCUT2D eigenvalue weighted by atomic mass is 16.2. The molecule has 0 unspecified atom stereocenters. The fraction of sp³-hybridized carbons (Fsp3) is 0.167. The summed E-state index contributed by atoms with van der Waals surface area (Å²) in [5.74, 6) is -1.08. The van der Waals surface area contributed by atoms with Gasteiger partial charge in [-0.25, -0.2) is 4.68 Å². The lowest BCUT2D eigenvalue weighted by molar-refractivity contribution is 0.0843. The van der Waals surface area contributed by atoms with Crippen LogP contribution in [0, 0.1) is 0 Å². The van der Waals surface area contributed by atoms with Crippen LogP contribution in [-0.4, -0.2) is 26.6 Å². The average Bonchev–Trinajstić information content (AvgIpc) is 2.69. The van der Waals surface area contributed by atoms with Crippen LogP contribution in [0.4, 0.5) is 0 Å². The molecule has 0 radical (unpaired) electrons. The monoisotopic (exact) mass is 351 g/mol. The molecule has 1 aromatic carbocycles. The molecule has 2 amide bonds. The highest BCUT2D eigenvalue weighted by Crippen LogP contribution is 2.13. The average molecular weight is 351 g/mol. The number of hydrogen-bond donors (Lipinski definition) is 2. The van der Waals surface area contributed by atoms with E-state index in [9.17, 15) is 14.4 Å². The maximum absolute atomic E-state index is 12.5. The van der Waals surface area contributed by atoms with Gasteiger partial charge >= 0.3 is 0 Å². The number of aromatic nitrogens is 3. The number of nitrogens with zero attached hydrogens (tertiary/aromatic N) is 3. The summed E-state index contributed by atoms with van der Waals surface area (Å²) in [6, 6.07) is 9.80. The van der Waals surface area contributed by atoms with Gasteiger partial charge in [0.05, 0.1) is 5.39 Å². The summed E-state index contributed by atoms with van der Waals surface area (Å²) in [6.07, 6.45) is 3.66. The molecule has 0 aliphatic rings. The van der Waals surface area contributed by atoms with Gasteiger partial charge in [0.25, 0.3) is 17.4 Å². The Kier molecular flexibility index (Phi) is 5.02. The molecule has 132 valence electrons. The van der Waals surface area contributed by atoms with Crippen LogP contribution in [-0.2, 0) is 6.54 Å². The summed E-state index contributed by atoms with van der Waals surface area (Å²) in [6.45, 7) is 2.31. The van der Waals surface area contributed by atoms with Crippen LogP contribution >= 0.6 is 0 Å². The highest BCUT2D eigenvalue weighted by Gasteiger charge is 2.17. The van der Waals surface area contributed by atoms with E-state index < -0.39 is 11.8 Å². The molecule has 0 saturated carbocycles. The normalized spacial score (nSPS) is 10.5. The Balaban J connectivity index is 1.89. The van der Waals surface area contributed by atoms with E-state index in [1.54, 1.807) is 24.3 Å². The minimum atomic E-state index is -0.603. The summed E-state index contributed by atoms with van der Waals surface area (Å²) >= 11 is 0. The lowest BCUT2D eigenvalue weighted by Gasteiger charge is -2.11. The predicted octanol–water partition coefficient (Wildman–Crippen LogP) is 1.28. The van der Waals surface area contributed by atoms with Crippen molar-refractivity contribution in [2.45, 2.75) is 19.9 Å². The summed E-state index contributed by atoms with van der Waals surface area (Å²) in [5, 5.41) is 5.01. The number of rotatable bonds is 4. The van der Waals surface area contributed by atoms with E-state index in [4.69, 9.17) is 0 Å².